The van der Waals surface area contributed by atoms with Gasteiger partial charge < -0.3 is 14.9 Å². The van der Waals surface area contributed by atoms with Gasteiger partial charge in [0.15, 0.2) is 5.16 Å². The summed E-state index contributed by atoms with van der Waals surface area (Å²) in [4.78, 5) is 27.9. The van der Waals surface area contributed by atoms with Crippen molar-refractivity contribution in [2.75, 3.05) is 12.8 Å². The molecule has 0 bridgehead atoms. The van der Waals surface area contributed by atoms with E-state index >= 15 is 0 Å². The topological polar surface area (TPSA) is 110 Å². The maximum atomic E-state index is 12.7. The number of hydrogen-bond donors (Lipinski definition) is 2. The normalized spacial score (nSPS) is 11.6. The number of benzene rings is 1. The number of carbonyl (C=O) groups is 1. The number of nitrogens with one attached hydrogen (secondary N) is 2. The molecule has 0 atom stereocenters. The number of rotatable bonds is 8. The second-order valence-corrected chi connectivity index (χ2v) is 8.53. The van der Waals surface area contributed by atoms with E-state index in [4.69, 9.17) is 0 Å². The van der Waals surface area contributed by atoms with Crippen LogP contribution in [0.3, 0.4) is 0 Å². The fourth-order valence-electron chi connectivity index (χ4n) is 3.59. The smallest absolute Gasteiger partial charge is 0.259 e. The van der Waals surface area contributed by atoms with Gasteiger partial charge in [0, 0.05) is 19.5 Å². The number of H-pyrrole nitrogens is 1. The van der Waals surface area contributed by atoms with Crippen LogP contribution in [0.2, 0.25) is 0 Å². The number of fused-ring (bicyclic) bond motifs is 3. The predicted octanol–water partition coefficient (Wildman–Crippen LogP) is 2.51. The van der Waals surface area contributed by atoms with E-state index in [1.807, 2.05) is 18.4 Å². The maximum Gasteiger partial charge on any atom is 0.259 e. The van der Waals surface area contributed by atoms with Crippen LogP contribution in [0.5, 0.6) is 0 Å². The highest BCUT2D eigenvalue weighted by molar-refractivity contribution is 7.98. The highest BCUT2D eigenvalue weighted by Crippen LogP contribution is 2.17. The Morgan fingerprint density at radius 2 is 2.06 bits per heavy atom. The molecule has 0 spiro atoms. The summed E-state index contributed by atoms with van der Waals surface area (Å²) in [5, 5.41) is 17.2. The Morgan fingerprint density at radius 1 is 1.26 bits per heavy atom. The lowest BCUT2D eigenvalue weighted by Gasteiger charge is -2.11. The van der Waals surface area contributed by atoms with Crippen molar-refractivity contribution in [1.29, 1.82) is 0 Å². The van der Waals surface area contributed by atoms with Crippen molar-refractivity contribution in [3.8, 4) is 0 Å². The first-order valence-corrected chi connectivity index (χ1v) is 11.4. The molecule has 0 radical (unpaired) electrons. The van der Waals surface area contributed by atoms with E-state index in [2.05, 4.69) is 44.0 Å². The van der Waals surface area contributed by atoms with Crippen LogP contribution in [-0.2, 0) is 13.0 Å². The number of nitrogens with zero attached hydrogens (tertiary/aromatic N) is 5. The van der Waals surface area contributed by atoms with Crippen LogP contribution < -0.4 is 10.9 Å². The van der Waals surface area contributed by atoms with E-state index in [1.165, 1.54) is 6.20 Å². The summed E-state index contributed by atoms with van der Waals surface area (Å²) < 4.78 is 3.74. The Bertz CT molecular complexity index is 1290. The molecule has 3 aromatic heterocycles. The van der Waals surface area contributed by atoms with Gasteiger partial charge in [0.1, 0.15) is 17.0 Å². The second kappa shape index (κ2) is 8.93. The molecule has 0 aliphatic carbocycles. The van der Waals surface area contributed by atoms with Crippen molar-refractivity contribution in [3.05, 3.63) is 52.2 Å². The van der Waals surface area contributed by atoms with Gasteiger partial charge in [-0.3, -0.25) is 9.59 Å². The van der Waals surface area contributed by atoms with Gasteiger partial charge in [-0.15, -0.1) is 10.2 Å². The maximum absolute atomic E-state index is 12.7. The van der Waals surface area contributed by atoms with Gasteiger partial charge in [-0.1, -0.05) is 37.7 Å². The lowest BCUT2D eigenvalue weighted by atomic mass is 10.2. The highest BCUT2D eigenvalue weighted by atomic mass is 32.2. The number of amides is 1. The molecule has 162 valence electrons. The van der Waals surface area contributed by atoms with Crippen molar-refractivity contribution in [1.82, 2.24) is 34.7 Å². The van der Waals surface area contributed by atoms with Crippen LogP contribution in [-0.4, -0.2) is 48.1 Å². The first kappa shape index (κ1) is 21.1. The molecule has 0 saturated heterocycles. The van der Waals surface area contributed by atoms with Gasteiger partial charge in [0.2, 0.25) is 0 Å². The number of aryl methyl sites for hydroxylation is 1. The predicted molar refractivity (Wildman–Crippen MR) is 121 cm³/mol. The van der Waals surface area contributed by atoms with Crippen LogP contribution in [0.15, 0.2) is 40.4 Å². The lowest BCUT2D eigenvalue weighted by molar-refractivity contribution is 0.0954. The Hall–Kier alpha value is -3.14. The van der Waals surface area contributed by atoms with Crippen LogP contribution in [0.25, 0.3) is 16.6 Å². The minimum absolute atomic E-state index is 0.244. The number of hydrogen-bond acceptors (Lipinski definition) is 6. The zero-order chi connectivity index (χ0) is 22.0. The summed E-state index contributed by atoms with van der Waals surface area (Å²) in [7, 11) is 0. The monoisotopic (exact) mass is 439 g/mol. The number of carbonyl (C=O) groups excluding carboxylic acids is 1. The molecule has 4 rings (SSSR count). The Labute approximate surface area is 183 Å². The summed E-state index contributed by atoms with van der Waals surface area (Å²) in [5.41, 5.74) is 1.15. The van der Waals surface area contributed by atoms with E-state index in [0.717, 1.165) is 30.4 Å². The fraction of sp³-hybridized carbons (Fsp3) is 0.381. The largest absolute Gasteiger partial charge is 0.352 e. The SMILES string of the molecule is CSc1nnc(CCCNC(=O)c2cnn3c2[nH]c(=O)c2ccccc23)n1CC(C)C. The van der Waals surface area contributed by atoms with Crippen molar-refractivity contribution >= 4 is 34.2 Å². The number of aromatic nitrogens is 6. The minimum Gasteiger partial charge on any atom is -0.352 e. The Kier molecular flexibility index (Phi) is 6.08. The number of thioether (sulfide) groups is 1. The summed E-state index contributed by atoms with van der Waals surface area (Å²) in [6, 6.07) is 7.17. The molecule has 3 heterocycles. The molecule has 0 unspecified atom stereocenters. The average molecular weight is 440 g/mol. The van der Waals surface area contributed by atoms with E-state index in [0.29, 0.717) is 34.6 Å². The molecule has 0 aliphatic rings. The fourth-order valence-corrected chi connectivity index (χ4v) is 4.11. The van der Waals surface area contributed by atoms with Gasteiger partial charge >= 0.3 is 0 Å². The summed E-state index contributed by atoms with van der Waals surface area (Å²) >= 11 is 1.58. The van der Waals surface area contributed by atoms with Gasteiger partial charge in [0.05, 0.1) is 17.1 Å². The van der Waals surface area contributed by atoms with Gasteiger partial charge in [-0.2, -0.15) is 5.10 Å². The summed E-state index contributed by atoms with van der Waals surface area (Å²) in [6.07, 6.45) is 4.93. The van der Waals surface area contributed by atoms with E-state index in [9.17, 15) is 9.59 Å². The van der Waals surface area contributed by atoms with Crippen LogP contribution in [0.4, 0.5) is 0 Å². The standard InChI is InChI=1S/C21H25N7O2S/c1-13(2)12-27-17(25-26-21(27)31-3)9-6-10-22-19(29)15-11-23-28-16-8-5-4-7-14(16)20(30)24-18(15)28/h4-5,7-8,11,13H,6,9-10,12H2,1-3H3,(H,22,29)(H,24,30). The van der Waals surface area contributed by atoms with Crippen LogP contribution >= 0.6 is 11.8 Å². The average Bonchev–Trinajstić information content (AvgIpc) is 3.35. The first-order valence-electron chi connectivity index (χ1n) is 10.2. The molecular weight excluding hydrogens is 414 g/mol. The third-order valence-electron chi connectivity index (χ3n) is 5.01. The molecule has 0 saturated carbocycles. The third kappa shape index (κ3) is 4.20. The molecule has 9 nitrogen and oxygen atoms in total. The molecule has 2 N–H and O–H groups in total. The Balaban J connectivity index is 1.44. The van der Waals surface area contributed by atoms with Gasteiger partial charge in [0.25, 0.3) is 11.5 Å². The number of aromatic amines is 1. The first-order chi connectivity index (χ1) is 15.0. The highest BCUT2D eigenvalue weighted by Gasteiger charge is 2.16. The zero-order valence-electron chi connectivity index (χ0n) is 17.8. The quantitative estimate of drug-likeness (QED) is 0.322. The molecule has 1 aromatic carbocycles. The van der Waals surface area contributed by atoms with E-state index in [1.54, 1.807) is 28.4 Å². The molecule has 4 aromatic rings. The summed E-state index contributed by atoms with van der Waals surface area (Å²) in [6.45, 7) is 5.68. The number of para-hydroxylation sites is 1. The van der Waals surface area contributed by atoms with Crippen molar-refractivity contribution < 1.29 is 4.79 Å². The summed E-state index contributed by atoms with van der Waals surface area (Å²) in [5.74, 6) is 1.16. The van der Waals surface area contributed by atoms with Crippen molar-refractivity contribution in [2.24, 2.45) is 5.92 Å². The molecular formula is C21H25N7O2S. The molecule has 0 aliphatic heterocycles. The Morgan fingerprint density at radius 3 is 2.84 bits per heavy atom. The molecule has 31 heavy (non-hydrogen) atoms. The zero-order valence-corrected chi connectivity index (χ0v) is 18.6. The second-order valence-electron chi connectivity index (χ2n) is 7.76. The van der Waals surface area contributed by atoms with Gasteiger partial charge in [-0.05, 0) is 30.7 Å². The van der Waals surface area contributed by atoms with Crippen molar-refractivity contribution in [2.45, 2.75) is 38.4 Å². The van der Waals surface area contributed by atoms with E-state index < -0.39 is 0 Å². The molecule has 1 amide bonds. The third-order valence-corrected chi connectivity index (χ3v) is 5.68. The minimum atomic E-state index is -0.269. The van der Waals surface area contributed by atoms with E-state index in [-0.39, 0.29) is 11.5 Å². The molecule has 0 fully saturated rings. The molecule has 10 heteroatoms. The van der Waals surface area contributed by atoms with Crippen LogP contribution in [0, 0.1) is 5.92 Å². The lowest BCUT2D eigenvalue weighted by Crippen LogP contribution is -2.25. The van der Waals surface area contributed by atoms with Crippen LogP contribution in [0.1, 0.15) is 36.5 Å². The van der Waals surface area contributed by atoms with Gasteiger partial charge in [-0.25, -0.2) is 4.52 Å². The van der Waals surface area contributed by atoms with Crippen molar-refractivity contribution in [3.63, 3.8) is 0 Å².